The monoisotopic (exact) mass is 470 g/mol. The number of methoxy groups -OCH3 is 1. The number of fused-ring (bicyclic) bond motifs is 1. The van der Waals surface area contributed by atoms with Crippen LogP contribution >= 0.6 is 0 Å². The third-order valence-electron chi connectivity index (χ3n) is 5.98. The van der Waals surface area contributed by atoms with Crippen LogP contribution < -0.4 is 10.1 Å². The Kier molecular flexibility index (Phi) is 8.31. The van der Waals surface area contributed by atoms with Gasteiger partial charge in [0.2, 0.25) is 5.91 Å². The fourth-order valence-corrected chi connectivity index (χ4v) is 4.20. The number of nitrogens with zero attached hydrogens (tertiary/aromatic N) is 1. The molecule has 1 heterocycles. The maximum absolute atomic E-state index is 13.7. The molecule has 6 nitrogen and oxygen atoms in total. The lowest BCUT2D eigenvalue weighted by atomic mass is 9.85. The maximum atomic E-state index is 13.7. The Morgan fingerprint density at radius 3 is 2.50 bits per heavy atom. The summed E-state index contributed by atoms with van der Waals surface area (Å²) in [5.74, 6) is 0.0696. The Bertz CT molecular complexity index is 1000. The van der Waals surface area contributed by atoms with Crippen molar-refractivity contribution < 1.29 is 23.5 Å². The zero-order chi connectivity index (χ0) is 24.9. The van der Waals surface area contributed by atoms with E-state index < -0.39 is 11.5 Å². The summed E-state index contributed by atoms with van der Waals surface area (Å²) in [6.45, 7) is 9.02. The number of carbonyl (C=O) groups is 2. The van der Waals surface area contributed by atoms with Gasteiger partial charge in [-0.25, -0.2) is 4.39 Å². The van der Waals surface area contributed by atoms with Gasteiger partial charge in [0, 0.05) is 25.6 Å². The number of hydrogen-bond acceptors (Lipinski definition) is 4. The molecule has 2 amide bonds. The van der Waals surface area contributed by atoms with Gasteiger partial charge in [0.1, 0.15) is 11.6 Å². The first-order chi connectivity index (χ1) is 16.2. The number of halogens is 1. The van der Waals surface area contributed by atoms with Crippen LogP contribution in [0.15, 0.2) is 42.5 Å². The Morgan fingerprint density at radius 1 is 1.18 bits per heavy atom. The highest BCUT2D eigenvalue weighted by atomic mass is 19.1. The molecule has 1 aliphatic rings. The Morgan fingerprint density at radius 2 is 1.88 bits per heavy atom. The van der Waals surface area contributed by atoms with Crippen LogP contribution in [0.3, 0.4) is 0 Å². The van der Waals surface area contributed by atoms with Crippen molar-refractivity contribution in [1.82, 2.24) is 10.2 Å². The fraction of sp³-hybridized carbons (Fsp3) is 0.481. The average molecular weight is 471 g/mol. The molecule has 34 heavy (non-hydrogen) atoms. The van der Waals surface area contributed by atoms with Crippen LogP contribution in [0.25, 0.3) is 0 Å². The number of benzene rings is 2. The molecule has 2 aromatic rings. The molecular weight excluding hydrogens is 435 g/mol. The molecule has 3 rings (SSSR count). The number of rotatable bonds is 8. The van der Waals surface area contributed by atoms with Crippen LogP contribution in [0.4, 0.5) is 4.39 Å². The van der Waals surface area contributed by atoms with Crippen molar-refractivity contribution >= 4 is 11.8 Å². The zero-order valence-corrected chi connectivity index (χ0v) is 20.7. The largest absolute Gasteiger partial charge is 0.481 e. The smallest absolute Gasteiger partial charge is 0.261 e. The highest BCUT2D eigenvalue weighted by molar-refractivity contribution is 5.83. The molecule has 0 aromatic heterocycles. The molecule has 0 aliphatic carbocycles. The number of ether oxygens (including phenoxy) is 2. The van der Waals surface area contributed by atoms with Gasteiger partial charge in [0.05, 0.1) is 12.6 Å². The number of nitrogens with one attached hydrogen (secondary N) is 1. The molecule has 0 radical (unpaired) electrons. The van der Waals surface area contributed by atoms with E-state index in [0.717, 1.165) is 16.7 Å². The molecule has 0 saturated heterocycles. The van der Waals surface area contributed by atoms with Crippen LogP contribution in [0.1, 0.15) is 56.8 Å². The lowest BCUT2D eigenvalue weighted by Gasteiger charge is -2.41. The van der Waals surface area contributed by atoms with E-state index in [2.05, 4.69) is 5.32 Å². The van der Waals surface area contributed by atoms with Gasteiger partial charge in [-0.2, -0.15) is 0 Å². The lowest BCUT2D eigenvalue weighted by molar-refractivity contribution is -0.141. The van der Waals surface area contributed by atoms with Gasteiger partial charge < -0.3 is 19.7 Å². The van der Waals surface area contributed by atoms with E-state index in [9.17, 15) is 14.0 Å². The molecule has 0 spiro atoms. The molecule has 184 valence electrons. The quantitative estimate of drug-likeness (QED) is 0.586. The molecular formula is C27H35FN2O4. The predicted molar refractivity (Wildman–Crippen MR) is 129 cm³/mol. The second kappa shape index (κ2) is 11.0. The van der Waals surface area contributed by atoms with Gasteiger partial charge in [0.25, 0.3) is 5.91 Å². The molecule has 2 aromatic carbocycles. The van der Waals surface area contributed by atoms with Gasteiger partial charge in [-0.1, -0.05) is 45.9 Å². The van der Waals surface area contributed by atoms with Crippen molar-refractivity contribution in [1.29, 1.82) is 0 Å². The first-order valence-corrected chi connectivity index (χ1v) is 11.8. The van der Waals surface area contributed by atoms with Gasteiger partial charge in [0.15, 0.2) is 6.10 Å². The van der Waals surface area contributed by atoms with E-state index in [1.54, 1.807) is 19.2 Å². The van der Waals surface area contributed by atoms with Crippen LogP contribution in [0.2, 0.25) is 0 Å². The third kappa shape index (κ3) is 5.95. The van der Waals surface area contributed by atoms with Crippen LogP contribution in [-0.4, -0.2) is 49.6 Å². The summed E-state index contributed by atoms with van der Waals surface area (Å²) in [6, 6.07) is 11.7. The molecule has 0 bridgehead atoms. The van der Waals surface area contributed by atoms with Crippen LogP contribution in [0, 0.1) is 11.2 Å². The summed E-state index contributed by atoms with van der Waals surface area (Å²) in [5, 5.41) is 2.82. The number of hydrogen-bond donors (Lipinski definition) is 1. The topological polar surface area (TPSA) is 67.9 Å². The first-order valence-electron chi connectivity index (χ1n) is 11.8. The summed E-state index contributed by atoms with van der Waals surface area (Å²) < 4.78 is 24.7. The van der Waals surface area contributed by atoms with E-state index >= 15 is 0 Å². The number of carbonyl (C=O) groups excluding carboxylic acids is 2. The van der Waals surface area contributed by atoms with E-state index in [4.69, 9.17) is 9.47 Å². The molecule has 0 saturated carbocycles. The normalized spacial score (nSPS) is 16.5. The van der Waals surface area contributed by atoms with Gasteiger partial charge in [-0.15, -0.1) is 0 Å². The van der Waals surface area contributed by atoms with Crippen LogP contribution in [0.5, 0.6) is 5.75 Å². The summed E-state index contributed by atoms with van der Waals surface area (Å²) in [6.07, 6.45) is 0.575. The molecule has 1 N–H and O–H groups in total. The molecule has 0 fully saturated rings. The molecule has 2 unspecified atom stereocenters. The Balaban J connectivity index is 1.96. The first kappa shape index (κ1) is 25.7. The Labute approximate surface area is 201 Å². The second-order valence-corrected chi connectivity index (χ2v) is 9.61. The van der Waals surface area contributed by atoms with Crippen LogP contribution in [-0.2, 0) is 20.7 Å². The molecule has 7 heteroatoms. The highest BCUT2D eigenvalue weighted by Crippen LogP contribution is 2.39. The van der Waals surface area contributed by atoms with E-state index in [0.29, 0.717) is 38.3 Å². The zero-order valence-electron chi connectivity index (χ0n) is 20.7. The third-order valence-corrected chi connectivity index (χ3v) is 5.98. The van der Waals surface area contributed by atoms with Crippen molar-refractivity contribution in [2.75, 3.05) is 26.8 Å². The van der Waals surface area contributed by atoms with E-state index in [1.165, 1.54) is 12.1 Å². The minimum atomic E-state index is -0.643. The summed E-state index contributed by atoms with van der Waals surface area (Å²) >= 11 is 0. The summed E-state index contributed by atoms with van der Waals surface area (Å²) in [5.41, 5.74) is 2.32. The predicted octanol–water partition coefficient (Wildman–Crippen LogP) is 4.27. The fourth-order valence-electron chi connectivity index (χ4n) is 4.20. The standard InChI is InChI=1S/C27H35FN2O4/c1-6-23(25(31)29-14-16-33-5)34-21-12-9-18-13-15-30(26(32)27(2,3)4)24(22(18)17-21)19-7-10-20(28)11-8-19/h7-12,17,23-24H,6,13-16H2,1-5H3,(H,29,31). The van der Waals surface area contributed by atoms with Crippen molar-refractivity contribution in [2.45, 2.75) is 52.7 Å². The SMILES string of the molecule is CCC(Oc1ccc2c(c1)C(c1ccc(F)cc1)N(C(=O)C(C)(C)C)CC2)C(=O)NCCOC. The van der Waals surface area contributed by atoms with Crippen molar-refractivity contribution in [3.63, 3.8) is 0 Å². The highest BCUT2D eigenvalue weighted by Gasteiger charge is 2.37. The summed E-state index contributed by atoms with van der Waals surface area (Å²) in [7, 11) is 1.58. The maximum Gasteiger partial charge on any atom is 0.261 e. The lowest BCUT2D eigenvalue weighted by Crippen LogP contribution is -2.45. The van der Waals surface area contributed by atoms with Crippen molar-refractivity contribution in [3.05, 3.63) is 65.0 Å². The molecule has 1 aliphatic heterocycles. The van der Waals surface area contributed by atoms with Gasteiger partial charge in [-0.05, 0) is 53.8 Å². The minimum absolute atomic E-state index is 0.0303. The van der Waals surface area contributed by atoms with Gasteiger partial charge in [-0.3, -0.25) is 9.59 Å². The summed E-state index contributed by atoms with van der Waals surface area (Å²) in [4.78, 5) is 27.8. The van der Waals surface area contributed by atoms with E-state index in [-0.39, 0.29) is 23.7 Å². The van der Waals surface area contributed by atoms with Gasteiger partial charge >= 0.3 is 0 Å². The average Bonchev–Trinajstić information content (AvgIpc) is 2.81. The minimum Gasteiger partial charge on any atom is -0.481 e. The van der Waals surface area contributed by atoms with E-state index in [1.807, 2.05) is 50.8 Å². The molecule has 2 atom stereocenters. The van der Waals surface area contributed by atoms with Crippen molar-refractivity contribution in [2.24, 2.45) is 5.41 Å². The second-order valence-electron chi connectivity index (χ2n) is 9.61. The number of amides is 2. The Hall–Kier alpha value is -2.93. The van der Waals surface area contributed by atoms with Crippen molar-refractivity contribution in [3.8, 4) is 5.75 Å².